The molecule has 10 heteroatoms. The zero-order chi connectivity index (χ0) is 28.2. The smallest absolute Gasteiger partial charge is 0.319 e. The highest BCUT2D eigenvalue weighted by molar-refractivity contribution is 6.05. The quantitative estimate of drug-likeness (QED) is 0.351. The molecule has 0 aliphatic heterocycles. The number of hydrogen-bond donors (Lipinski definition) is 3. The minimum Gasteiger partial charge on any atom is -0.484 e. The van der Waals surface area contributed by atoms with Crippen molar-refractivity contribution in [3.05, 3.63) is 84.4 Å². The highest BCUT2D eigenvalue weighted by Gasteiger charge is 2.23. The molecule has 0 spiro atoms. The second kappa shape index (κ2) is 14.2. The molecule has 0 aliphatic rings. The third kappa shape index (κ3) is 8.89. The van der Waals surface area contributed by atoms with Gasteiger partial charge in [0.25, 0.3) is 5.91 Å². The SMILES string of the molecule is CCNC(=O)COc1cccc(N(CC(=O)N(C)c2ccccc2)C(=O)CNC(=O)Nc2cccc(C)c2)c1. The number of nitrogens with one attached hydrogen (secondary N) is 3. The maximum Gasteiger partial charge on any atom is 0.319 e. The molecule has 5 amide bonds. The van der Waals surface area contributed by atoms with Gasteiger partial charge in [-0.1, -0.05) is 36.4 Å². The van der Waals surface area contributed by atoms with Gasteiger partial charge in [-0.15, -0.1) is 0 Å². The van der Waals surface area contributed by atoms with Gasteiger partial charge in [0.15, 0.2) is 6.61 Å². The molecular formula is C29H33N5O5. The van der Waals surface area contributed by atoms with Crippen LogP contribution in [0.1, 0.15) is 12.5 Å². The molecule has 3 N–H and O–H groups in total. The Morgan fingerprint density at radius 2 is 1.54 bits per heavy atom. The number of urea groups is 1. The van der Waals surface area contributed by atoms with Gasteiger partial charge in [0.05, 0.1) is 6.54 Å². The molecule has 0 fully saturated rings. The second-order valence-corrected chi connectivity index (χ2v) is 8.68. The van der Waals surface area contributed by atoms with Crippen LogP contribution in [0.3, 0.4) is 0 Å². The van der Waals surface area contributed by atoms with Crippen molar-refractivity contribution in [1.82, 2.24) is 10.6 Å². The van der Waals surface area contributed by atoms with Crippen molar-refractivity contribution >= 4 is 40.8 Å². The number of carbonyl (C=O) groups is 4. The summed E-state index contributed by atoms with van der Waals surface area (Å²) in [5.74, 6) is -0.776. The van der Waals surface area contributed by atoms with Gasteiger partial charge in [0.1, 0.15) is 12.3 Å². The van der Waals surface area contributed by atoms with Crippen LogP contribution in [0.5, 0.6) is 5.75 Å². The monoisotopic (exact) mass is 531 g/mol. The van der Waals surface area contributed by atoms with E-state index in [1.54, 1.807) is 62.5 Å². The van der Waals surface area contributed by atoms with Crippen molar-refractivity contribution in [2.24, 2.45) is 0 Å². The number of likely N-dealkylation sites (N-methyl/N-ethyl adjacent to an activating group) is 2. The summed E-state index contributed by atoms with van der Waals surface area (Å²) in [6, 6.07) is 22.3. The maximum absolute atomic E-state index is 13.3. The molecule has 204 valence electrons. The number of ether oxygens (including phenoxy) is 1. The van der Waals surface area contributed by atoms with E-state index in [1.807, 2.05) is 37.3 Å². The number of para-hydroxylation sites is 1. The van der Waals surface area contributed by atoms with Crippen LogP contribution in [0, 0.1) is 6.92 Å². The van der Waals surface area contributed by atoms with Crippen molar-refractivity contribution in [2.75, 3.05) is 48.4 Å². The number of amides is 5. The summed E-state index contributed by atoms with van der Waals surface area (Å²) < 4.78 is 5.56. The first-order valence-corrected chi connectivity index (χ1v) is 12.5. The zero-order valence-corrected chi connectivity index (χ0v) is 22.3. The lowest BCUT2D eigenvalue weighted by molar-refractivity contribution is -0.123. The average molecular weight is 532 g/mol. The van der Waals surface area contributed by atoms with E-state index in [2.05, 4.69) is 16.0 Å². The molecule has 0 atom stereocenters. The molecule has 10 nitrogen and oxygen atoms in total. The van der Waals surface area contributed by atoms with Crippen LogP contribution >= 0.6 is 0 Å². The maximum atomic E-state index is 13.3. The topological polar surface area (TPSA) is 120 Å². The molecular weight excluding hydrogens is 498 g/mol. The van der Waals surface area contributed by atoms with Crippen LogP contribution in [-0.4, -0.2) is 57.0 Å². The summed E-state index contributed by atoms with van der Waals surface area (Å²) in [4.78, 5) is 53.4. The van der Waals surface area contributed by atoms with Crippen molar-refractivity contribution in [3.8, 4) is 5.75 Å². The normalized spacial score (nSPS) is 10.2. The fourth-order valence-electron chi connectivity index (χ4n) is 3.65. The predicted molar refractivity (Wildman–Crippen MR) is 151 cm³/mol. The Balaban J connectivity index is 1.75. The molecule has 3 aromatic rings. The van der Waals surface area contributed by atoms with Gasteiger partial charge in [-0.05, 0) is 55.8 Å². The lowest BCUT2D eigenvalue weighted by atomic mass is 10.2. The summed E-state index contributed by atoms with van der Waals surface area (Å²) in [6.07, 6.45) is 0. The van der Waals surface area contributed by atoms with Crippen LogP contribution in [0.15, 0.2) is 78.9 Å². The number of aryl methyl sites for hydroxylation is 1. The third-order valence-electron chi connectivity index (χ3n) is 5.66. The lowest BCUT2D eigenvalue weighted by Gasteiger charge is -2.26. The van der Waals surface area contributed by atoms with Gasteiger partial charge in [-0.3, -0.25) is 14.4 Å². The first kappa shape index (κ1) is 28.7. The number of carbonyl (C=O) groups excluding carboxylic acids is 4. The van der Waals surface area contributed by atoms with E-state index in [0.717, 1.165) is 5.56 Å². The summed E-state index contributed by atoms with van der Waals surface area (Å²) in [5.41, 5.74) is 2.62. The van der Waals surface area contributed by atoms with E-state index >= 15 is 0 Å². The van der Waals surface area contributed by atoms with E-state index in [9.17, 15) is 19.2 Å². The standard InChI is InChI=1S/C29H33N5O5/c1-4-30-26(35)20-39-25-15-9-14-24(17-25)34(19-28(37)33(3)23-12-6-5-7-13-23)27(36)18-31-29(38)32-22-11-8-10-21(2)16-22/h5-17H,4,18-20H2,1-3H3,(H,30,35)(H2,31,32,38). The largest absolute Gasteiger partial charge is 0.484 e. The average Bonchev–Trinajstić information content (AvgIpc) is 2.94. The summed E-state index contributed by atoms with van der Waals surface area (Å²) in [5, 5.41) is 7.89. The predicted octanol–water partition coefficient (Wildman–Crippen LogP) is 3.33. The van der Waals surface area contributed by atoms with Crippen LogP contribution in [0.2, 0.25) is 0 Å². The van der Waals surface area contributed by atoms with Crippen LogP contribution in [0.4, 0.5) is 21.9 Å². The van der Waals surface area contributed by atoms with Crippen LogP contribution in [-0.2, 0) is 14.4 Å². The second-order valence-electron chi connectivity index (χ2n) is 8.68. The van der Waals surface area contributed by atoms with Crippen molar-refractivity contribution in [1.29, 1.82) is 0 Å². The Morgan fingerprint density at radius 3 is 2.26 bits per heavy atom. The van der Waals surface area contributed by atoms with E-state index in [0.29, 0.717) is 29.4 Å². The lowest BCUT2D eigenvalue weighted by Crippen LogP contribution is -2.46. The van der Waals surface area contributed by atoms with Gasteiger partial charge in [-0.2, -0.15) is 0 Å². The molecule has 0 unspecified atom stereocenters. The Kier molecular flexibility index (Phi) is 10.4. The third-order valence-corrected chi connectivity index (χ3v) is 5.66. The fourth-order valence-corrected chi connectivity index (χ4v) is 3.65. The van der Waals surface area contributed by atoms with Gasteiger partial charge in [0, 0.05) is 36.7 Å². The van der Waals surface area contributed by atoms with E-state index in [4.69, 9.17) is 4.74 Å². The number of hydrogen-bond acceptors (Lipinski definition) is 5. The first-order valence-electron chi connectivity index (χ1n) is 12.5. The summed E-state index contributed by atoms with van der Waals surface area (Å²) in [7, 11) is 1.62. The van der Waals surface area contributed by atoms with Crippen molar-refractivity contribution in [3.63, 3.8) is 0 Å². The van der Waals surface area contributed by atoms with E-state index in [1.165, 1.54) is 9.80 Å². The molecule has 0 bridgehead atoms. The Labute approximate surface area is 227 Å². The Bertz CT molecular complexity index is 1300. The van der Waals surface area contributed by atoms with Gasteiger partial charge in [-0.25, -0.2) is 4.79 Å². The van der Waals surface area contributed by atoms with E-state index in [-0.39, 0.29) is 31.5 Å². The molecule has 0 heterocycles. The number of rotatable bonds is 11. The van der Waals surface area contributed by atoms with Gasteiger partial charge >= 0.3 is 6.03 Å². The van der Waals surface area contributed by atoms with Gasteiger partial charge in [0.2, 0.25) is 11.8 Å². The molecule has 0 saturated carbocycles. The molecule has 39 heavy (non-hydrogen) atoms. The Hall–Kier alpha value is -4.86. The molecule has 0 aromatic heterocycles. The highest BCUT2D eigenvalue weighted by Crippen LogP contribution is 2.22. The van der Waals surface area contributed by atoms with Crippen molar-refractivity contribution < 1.29 is 23.9 Å². The first-order chi connectivity index (χ1) is 18.8. The highest BCUT2D eigenvalue weighted by atomic mass is 16.5. The molecule has 3 rings (SSSR count). The minimum absolute atomic E-state index is 0.193. The Morgan fingerprint density at radius 1 is 0.821 bits per heavy atom. The van der Waals surface area contributed by atoms with E-state index < -0.39 is 11.9 Å². The number of nitrogens with zero attached hydrogens (tertiary/aromatic N) is 2. The fraction of sp³-hybridized carbons (Fsp3) is 0.241. The summed E-state index contributed by atoms with van der Waals surface area (Å²) in [6.45, 7) is 3.35. The molecule has 0 radical (unpaired) electrons. The molecule has 0 aliphatic carbocycles. The van der Waals surface area contributed by atoms with Crippen LogP contribution in [0.25, 0.3) is 0 Å². The zero-order valence-electron chi connectivity index (χ0n) is 22.3. The molecule has 0 saturated heterocycles. The minimum atomic E-state index is -0.555. The van der Waals surface area contributed by atoms with Crippen molar-refractivity contribution in [2.45, 2.75) is 13.8 Å². The molecule has 3 aromatic carbocycles. The number of benzene rings is 3. The van der Waals surface area contributed by atoms with Gasteiger partial charge < -0.3 is 30.5 Å². The summed E-state index contributed by atoms with van der Waals surface area (Å²) >= 11 is 0. The number of anilines is 3. The van der Waals surface area contributed by atoms with Crippen LogP contribution < -0.4 is 30.5 Å².